The van der Waals surface area contributed by atoms with Crippen molar-refractivity contribution in [2.24, 2.45) is 0 Å². The number of hydrogen-bond acceptors (Lipinski definition) is 4. The maximum absolute atomic E-state index is 10.4. The lowest BCUT2D eigenvalue weighted by Crippen LogP contribution is -1.94. The van der Waals surface area contributed by atoms with Crippen molar-refractivity contribution in [2.75, 3.05) is 13.2 Å². The molecule has 4 nitrogen and oxygen atoms in total. The lowest BCUT2D eigenvalue weighted by Gasteiger charge is -2.03. The highest BCUT2D eigenvalue weighted by atomic mass is 16.5. The second-order valence-corrected chi connectivity index (χ2v) is 4.21. The van der Waals surface area contributed by atoms with Gasteiger partial charge in [0.25, 0.3) is 0 Å². The van der Waals surface area contributed by atoms with E-state index in [1.807, 2.05) is 32.0 Å². The molecule has 0 bridgehead atoms. The van der Waals surface area contributed by atoms with E-state index in [1.165, 1.54) is 0 Å². The third-order valence-corrected chi connectivity index (χ3v) is 2.65. The molecule has 0 atom stereocenters. The SMILES string of the molecule is CCOc1cccc(C=O)c1.CCOc1ccccc1C=O. The first-order valence-corrected chi connectivity index (χ1v) is 7.10. The summed E-state index contributed by atoms with van der Waals surface area (Å²) in [5.74, 6) is 1.40. The Balaban J connectivity index is 0.000000220. The van der Waals surface area contributed by atoms with Gasteiger partial charge in [-0.05, 0) is 38.1 Å². The van der Waals surface area contributed by atoms with Crippen LogP contribution in [0.3, 0.4) is 0 Å². The van der Waals surface area contributed by atoms with Crippen molar-refractivity contribution >= 4 is 12.6 Å². The number of carbonyl (C=O) groups is 2. The number of aldehydes is 2. The van der Waals surface area contributed by atoms with Crippen LogP contribution < -0.4 is 9.47 Å². The molecule has 0 N–H and O–H groups in total. The quantitative estimate of drug-likeness (QED) is 0.761. The molecular formula is C18H20O4. The summed E-state index contributed by atoms with van der Waals surface area (Å²) in [6, 6.07) is 14.3. The average Bonchev–Trinajstić information content (AvgIpc) is 2.57. The Morgan fingerprint density at radius 3 is 2.23 bits per heavy atom. The van der Waals surface area contributed by atoms with Gasteiger partial charge in [-0.1, -0.05) is 24.3 Å². The Bertz CT molecular complexity index is 593. The van der Waals surface area contributed by atoms with Crippen LogP contribution in [0.1, 0.15) is 34.6 Å². The summed E-state index contributed by atoms with van der Waals surface area (Å²) in [6.07, 6.45) is 1.60. The first-order chi connectivity index (χ1) is 10.7. The fourth-order valence-electron chi connectivity index (χ4n) is 1.71. The van der Waals surface area contributed by atoms with Gasteiger partial charge in [0.15, 0.2) is 6.29 Å². The number of para-hydroxylation sites is 1. The van der Waals surface area contributed by atoms with Crippen LogP contribution in [0, 0.1) is 0 Å². The van der Waals surface area contributed by atoms with Crippen molar-refractivity contribution < 1.29 is 19.1 Å². The van der Waals surface area contributed by atoms with Crippen LogP contribution in [0.25, 0.3) is 0 Å². The van der Waals surface area contributed by atoms with Crippen molar-refractivity contribution in [3.8, 4) is 11.5 Å². The molecule has 2 aromatic carbocycles. The van der Waals surface area contributed by atoms with Crippen LogP contribution in [0.2, 0.25) is 0 Å². The Kier molecular flexibility index (Phi) is 8.05. The fourth-order valence-corrected chi connectivity index (χ4v) is 1.71. The summed E-state index contributed by atoms with van der Waals surface area (Å²) in [5, 5.41) is 0. The predicted molar refractivity (Wildman–Crippen MR) is 86.0 cm³/mol. The van der Waals surface area contributed by atoms with Crippen LogP contribution in [0.5, 0.6) is 11.5 Å². The minimum atomic E-state index is 0.588. The molecule has 2 aromatic rings. The molecular weight excluding hydrogens is 280 g/mol. The van der Waals surface area contributed by atoms with Crippen LogP contribution in [0.15, 0.2) is 48.5 Å². The highest BCUT2D eigenvalue weighted by molar-refractivity contribution is 5.79. The van der Waals surface area contributed by atoms with Crippen molar-refractivity contribution in [2.45, 2.75) is 13.8 Å². The maximum atomic E-state index is 10.4. The Labute approximate surface area is 130 Å². The second kappa shape index (κ2) is 10.2. The molecule has 0 spiro atoms. The fraction of sp³-hybridized carbons (Fsp3) is 0.222. The third kappa shape index (κ3) is 5.79. The Morgan fingerprint density at radius 1 is 0.864 bits per heavy atom. The molecule has 116 valence electrons. The molecule has 0 amide bonds. The van der Waals surface area contributed by atoms with Gasteiger partial charge in [0.2, 0.25) is 0 Å². The van der Waals surface area contributed by atoms with E-state index in [2.05, 4.69) is 0 Å². The number of carbonyl (C=O) groups excluding carboxylic acids is 2. The zero-order valence-corrected chi connectivity index (χ0v) is 12.8. The molecule has 22 heavy (non-hydrogen) atoms. The second-order valence-electron chi connectivity index (χ2n) is 4.21. The van der Waals surface area contributed by atoms with E-state index in [9.17, 15) is 9.59 Å². The third-order valence-electron chi connectivity index (χ3n) is 2.65. The first-order valence-electron chi connectivity index (χ1n) is 7.10. The summed E-state index contributed by atoms with van der Waals surface area (Å²) in [4.78, 5) is 20.7. The summed E-state index contributed by atoms with van der Waals surface area (Å²) in [7, 11) is 0. The zero-order valence-electron chi connectivity index (χ0n) is 12.8. The van der Waals surface area contributed by atoms with Crippen LogP contribution in [-0.4, -0.2) is 25.8 Å². The summed E-state index contributed by atoms with van der Waals surface area (Å²) >= 11 is 0. The number of ether oxygens (including phenoxy) is 2. The van der Waals surface area contributed by atoms with Gasteiger partial charge < -0.3 is 9.47 Å². The summed E-state index contributed by atoms with van der Waals surface area (Å²) < 4.78 is 10.4. The standard InChI is InChI=1S/2C9H10O2/c1-2-11-9-5-3-4-8(6-9)7-10;1-2-11-9-6-4-3-5-8(9)7-10/h2*3-7H,2H2,1H3. The molecule has 0 radical (unpaired) electrons. The van der Waals surface area contributed by atoms with Gasteiger partial charge in [-0.15, -0.1) is 0 Å². The van der Waals surface area contributed by atoms with Crippen molar-refractivity contribution in [1.29, 1.82) is 0 Å². The highest BCUT2D eigenvalue weighted by Gasteiger charge is 1.98. The minimum Gasteiger partial charge on any atom is -0.494 e. The summed E-state index contributed by atoms with van der Waals surface area (Å²) in [5.41, 5.74) is 1.25. The average molecular weight is 300 g/mol. The number of hydrogen-bond donors (Lipinski definition) is 0. The minimum absolute atomic E-state index is 0.588. The topological polar surface area (TPSA) is 52.6 Å². The van der Waals surface area contributed by atoms with Crippen molar-refractivity contribution in [3.63, 3.8) is 0 Å². The van der Waals surface area contributed by atoms with E-state index in [-0.39, 0.29) is 0 Å². The van der Waals surface area contributed by atoms with E-state index < -0.39 is 0 Å². The monoisotopic (exact) mass is 300 g/mol. The molecule has 0 saturated carbocycles. The molecule has 0 saturated heterocycles. The molecule has 4 heteroatoms. The lowest BCUT2D eigenvalue weighted by atomic mass is 10.2. The summed E-state index contributed by atoms with van der Waals surface area (Å²) in [6.45, 7) is 5.02. The molecule has 0 aromatic heterocycles. The van der Waals surface area contributed by atoms with Crippen LogP contribution in [-0.2, 0) is 0 Å². The van der Waals surface area contributed by atoms with Gasteiger partial charge in [-0.25, -0.2) is 0 Å². The van der Waals surface area contributed by atoms with Crippen molar-refractivity contribution in [1.82, 2.24) is 0 Å². The van der Waals surface area contributed by atoms with Gasteiger partial charge in [0, 0.05) is 5.56 Å². The van der Waals surface area contributed by atoms with E-state index in [0.717, 1.165) is 18.3 Å². The van der Waals surface area contributed by atoms with E-state index in [0.29, 0.717) is 30.1 Å². The lowest BCUT2D eigenvalue weighted by molar-refractivity contribution is 0.111. The normalized spacial score (nSPS) is 9.18. The zero-order chi connectivity index (χ0) is 16.2. The molecule has 0 aliphatic carbocycles. The van der Waals surface area contributed by atoms with E-state index in [4.69, 9.17) is 9.47 Å². The van der Waals surface area contributed by atoms with E-state index >= 15 is 0 Å². The molecule has 0 unspecified atom stereocenters. The smallest absolute Gasteiger partial charge is 0.153 e. The van der Waals surface area contributed by atoms with Gasteiger partial charge in [-0.2, -0.15) is 0 Å². The highest BCUT2D eigenvalue weighted by Crippen LogP contribution is 2.14. The Hall–Kier alpha value is -2.62. The largest absolute Gasteiger partial charge is 0.494 e. The first kappa shape index (κ1) is 17.4. The van der Waals surface area contributed by atoms with Gasteiger partial charge >= 0.3 is 0 Å². The number of benzene rings is 2. The predicted octanol–water partition coefficient (Wildman–Crippen LogP) is 3.80. The number of rotatable bonds is 6. The van der Waals surface area contributed by atoms with E-state index in [1.54, 1.807) is 30.3 Å². The Morgan fingerprint density at radius 2 is 1.59 bits per heavy atom. The van der Waals surface area contributed by atoms with Gasteiger partial charge in [-0.3, -0.25) is 9.59 Å². The maximum Gasteiger partial charge on any atom is 0.153 e. The van der Waals surface area contributed by atoms with Gasteiger partial charge in [0.05, 0.1) is 18.8 Å². The molecule has 2 rings (SSSR count). The molecule has 0 aliphatic heterocycles. The molecule has 0 aliphatic rings. The van der Waals surface area contributed by atoms with Crippen molar-refractivity contribution in [3.05, 3.63) is 59.7 Å². The van der Waals surface area contributed by atoms with Crippen LogP contribution >= 0.6 is 0 Å². The molecule has 0 fully saturated rings. The van der Waals surface area contributed by atoms with Gasteiger partial charge in [0.1, 0.15) is 17.8 Å². The molecule has 0 heterocycles. The van der Waals surface area contributed by atoms with Crippen LogP contribution in [0.4, 0.5) is 0 Å².